The summed E-state index contributed by atoms with van der Waals surface area (Å²) in [5.74, 6) is 0.107. The van der Waals surface area contributed by atoms with Gasteiger partial charge in [-0.25, -0.2) is 0 Å². The zero-order valence-corrected chi connectivity index (χ0v) is 10.5. The van der Waals surface area contributed by atoms with Gasteiger partial charge in [-0.1, -0.05) is 30.3 Å². The van der Waals surface area contributed by atoms with Crippen LogP contribution in [0.4, 0.5) is 11.4 Å². The summed E-state index contributed by atoms with van der Waals surface area (Å²) in [5, 5.41) is 3.40. The molecular formula is C16H14N2O. The summed E-state index contributed by atoms with van der Waals surface area (Å²) < 4.78 is 0. The minimum absolute atomic E-state index is 0.107. The highest BCUT2D eigenvalue weighted by Gasteiger charge is 2.36. The molecule has 1 amide bonds. The van der Waals surface area contributed by atoms with Crippen LogP contribution in [-0.2, 0) is 6.42 Å². The maximum absolute atomic E-state index is 12.8. The van der Waals surface area contributed by atoms with Crippen molar-refractivity contribution in [2.24, 2.45) is 0 Å². The Labute approximate surface area is 111 Å². The molecule has 0 aliphatic carbocycles. The van der Waals surface area contributed by atoms with Crippen molar-refractivity contribution in [1.82, 2.24) is 0 Å². The third kappa shape index (κ3) is 1.48. The Morgan fingerprint density at radius 1 is 1.05 bits per heavy atom. The van der Waals surface area contributed by atoms with Gasteiger partial charge in [0.15, 0.2) is 0 Å². The van der Waals surface area contributed by atoms with Gasteiger partial charge >= 0.3 is 0 Å². The van der Waals surface area contributed by atoms with E-state index in [0.29, 0.717) is 0 Å². The second-order valence-electron chi connectivity index (χ2n) is 5.09. The topological polar surface area (TPSA) is 32.3 Å². The molecule has 0 bridgehead atoms. The molecule has 3 nitrogen and oxygen atoms in total. The molecule has 94 valence electrons. The van der Waals surface area contributed by atoms with Crippen molar-refractivity contribution in [3.05, 3.63) is 59.7 Å². The molecule has 0 saturated heterocycles. The quantitative estimate of drug-likeness (QED) is 0.779. The molecule has 4 rings (SSSR count). The van der Waals surface area contributed by atoms with Gasteiger partial charge in [0.25, 0.3) is 5.91 Å². The summed E-state index contributed by atoms with van der Waals surface area (Å²) >= 11 is 0. The molecule has 1 atom stereocenters. The monoisotopic (exact) mass is 250 g/mol. The zero-order chi connectivity index (χ0) is 12.8. The van der Waals surface area contributed by atoms with E-state index in [-0.39, 0.29) is 11.9 Å². The first-order valence-corrected chi connectivity index (χ1v) is 6.59. The van der Waals surface area contributed by atoms with Crippen LogP contribution in [0.3, 0.4) is 0 Å². The molecule has 1 N–H and O–H groups in total. The molecule has 0 radical (unpaired) electrons. The van der Waals surface area contributed by atoms with E-state index >= 15 is 0 Å². The molecular weight excluding hydrogens is 236 g/mol. The molecule has 2 aliphatic rings. The van der Waals surface area contributed by atoms with Crippen LogP contribution in [-0.4, -0.2) is 18.5 Å². The molecule has 2 aromatic rings. The maximum Gasteiger partial charge on any atom is 0.260 e. The van der Waals surface area contributed by atoms with Gasteiger partial charge in [-0.05, 0) is 30.2 Å². The highest BCUT2D eigenvalue weighted by molar-refractivity contribution is 6.11. The zero-order valence-electron chi connectivity index (χ0n) is 10.5. The molecule has 1 unspecified atom stereocenters. The average molecular weight is 250 g/mol. The Balaban J connectivity index is 1.86. The molecule has 2 aliphatic heterocycles. The first-order chi connectivity index (χ1) is 9.34. The van der Waals surface area contributed by atoms with Gasteiger partial charge in [0.2, 0.25) is 0 Å². The van der Waals surface area contributed by atoms with Crippen LogP contribution >= 0.6 is 0 Å². The summed E-state index contributed by atoms with van der Waals surface area (Å²) in [6.07, 6.45) is 0.933. The molecule has 0 saturated carbocycles. The van der Waals surface area contributed by atoms with Gasteiger partial charge in [-0.2, -0.15) is 0 Å². The van der Waals surface area contributed by atoms with Crippen LogP contribution in [0, 0.1) is 0 Å². The van der Waals surface area contributed by atoms with Crippen molar-refractivity contribution in [1.29, 1.82) is 0 Å². The predicted molar refractivity (Wildman–Crippen MR) is 75.7 cm³/mol. The summed E-state index contributed by atoms with van der Waals surface area (Å²) in [6, 6.07) is 16.2. The van der Waals surface area contributed by atoms with Crippen LogP contribution in [0.2, 0.25) is 0 Å². The highest BCUT2D eigenvalue weighted by atomic mass is 16.2. The first-order valence-electron chi connectivity index (χ1n) is 6.59. The summed E-state index contributed by atoms with van der Waals surface area (Å²) in [4.78, 5) is 14.7. The fraction of sp³-hybridized carbons (Fsp3) is 0.188. The molecule has 3 heteroatoms. The summed E-state index contributed by atoms with van der Waals surface area (Å²) in [6.45, 7) is 0.803. The number of fused-ring (bicyclic) bond motifs is 4. The number of benzene rings is 2. The number of hydrogen-bond acceptors (Lipinski definition) is 2. The van der Waals surface area contributed by atoms with Crippen molar-refractivity contribution >= 4 is 17.3 Å². The molecule has 0 aromatic heterocycles. The van der Waals surface area contributed by atoms with Crippen LogP contribution in [0.5, 0.6) is 0 Å². The Bertz CT molecular complexity index is 665. The van der Waals surface area contributed by atoms with Crippen molar-refractivity contribution in [2.75, 3.05) is 16.8 Å². The van der Waals surface area contributed by atoms with Crippen molar-refractivity contribution in [3.8, 4) is 0 Å². The Kier molecular flexibility index (Phi) is 2.15. The predicted octanol–water partition coefficient (Wildman–Crippen LogP) is 2.68. The lowest BCUT2D eigenvalue weighted by molar-refractivity contribution is 0.0983. The average Bonchev–Trinajstić information content (AvgIpc) is 2.76. The largest absolute Gasteiger partial charge is 0.382 e. The minimum Gasteiger partial charge on any atom is -0.382 e. The van der Waals surface area contributed by atoms with E-state index in [1.54, 1.807) is 0 Å². The standard InChI is InChI=1S/C16H14N2O/c19-16-13-6-2-3-7-14(13)17-10-12-9-11-5-1-4-8-15(11)18(12)16/h1-8,12,17H,9-10H2. The third-order valence-corrected chi connectivity index (χ3v) is 3.98. The Hall–Kier alpha value is -2.29. The lowest BCUT2D eigenvalue weighted by Crippen LogP contribution is -2.39. The van der Waals surface area contributed by atoms with E-state index in [0.717, 1.165) is 29.9 Å². The van der Waals surface area contributed by atoms with Crippen LogP contribution in [0.15, 0.2) is 48.5 Å². The number of hydrogen-bond donors (Lipinski definition) is 1. The lowest BCUT2D eigenvalue weighted by Gasteiger charge is -2.22. The molecule has 0 spiro atoms. The van der Waals surface area contributed by atoms with Gasteiger partial charge in [-0.15, -0.1) is 0 Å². The van der Waals surface area contributed by atoms with Crippen molar-refractivity contribution in [3.63, 3.8) is 0 Å². The molecule has 2 aromatic carbocycles. The lowest BCUT2D eigenvalue weighted by atomic mass is 10.1. The van der Waals surface area contributed by atoms with Crippen LogP contribution in [0.1, 0.15) is 15.9 Å². The number of carbonyl (C=O) groups excluding carboxylic acids is 1. The van der Waals surface area contributed by atoms with Crippen molar-refractivity contribution in [2.45, 2.75) is 12.5 Å². The number of carbonyl (C=O) groups is 1. The summed E-state index contributed by atoms with van der Waals surface area (Å²) in [5.41, 5.74) is 4.04. The molecule has 0 fully saturated rings. The van der Waals surface area contributed by atoms with Gasteiger partial charge in [0, 0.05) is 17.9 Å². The number of amides is 1. The highest BCUT2D eigenvalue weighted by Crippen LogP contribution is 2.36. The van der Waals surface area contributed by atoms with Crippen LogP contribution < -0.4 is 10.2 Å². The van der Waals surface area contributed by atoms with Gasteiger partial charge < -0.3 is 10.2 Å². The van der Waals surface area contributed by atoms with Crippen molar-refractivity contribution < 1.29 is 4.79 Å². The second kappa shape index (κ2) is 3.85. The van der Waals surface area contributed by atoms with E-state index in [2.05, 4.69) is 11.4 Å². The fourth-order valence-electron chi connectivity index (χ4n) is 3.08. The Morgan fingerprint density at radius 3 is 2.79 bits per heavy atom. The smallest absolute Gasteiger partial charge is 0.260 e. The number of para-hydroxylation sites is 2. The molecule has 2 heterocycles. The second-order valence-corrected chi connectivity index (χ2v) is 5.09. The number of anilines is 2. The van der Waals surface area contributed by atoms with Crippen LogP contribution in [0.25, 0.3) is 0 Å². The van der Waals surface area contributed by atoms with E-state index < -0.39 is 0 Å². The Morgan fingerprint density at radius 2 is 1.84 bits per heavy atom. The normalized spacial score (nSPS) is 20.1. The van der Waals surface area contributed by atoms with Gasteiger partial charge in [0.05, 0.1) is 11.6 Å². The number of nitrogens with one attached hydrogen (secondary N) is 1. The number of rotatable bonds is 0. The fourth-order valence-corrected chi connectivity index (χ4v) is 3.08. The summed E-state index contributed by atoms with van der Waals surface area (Å²) in [7, 11) is 0. The van der Waals surface area contributed by atoms with E-state index in [9.17, 15) is 4.79 Å². The van der Waals surface area contributed by atoms with E-state index in [1.165, 1.54) is 5.56 Å². The number of nitrogens with zero attached hydrogens (tertiary/aromatic N) is 1. The SMILES string of the molecule is O=C1c2ccccc2NCC2Cc3ccccc3N12. The van der Waals surface area contributed by atoms with E-state index in [4.69, 9.17) is 0 Å². The van der Waals surface area contributed by atoms with Gasteiger partial charge in [0.1, 0.15) is 0 Å². The third-order valence-electron chi connectivity index (χ3n) is 3.98. The van der Waals surface area contributed by atoms with Gasteiger partial charge in [-0.3, -0.25) is 4.79 Å². The first kappa shape index (κ1) is 10.6. The van der Waals surface area contributed by atoms with E-state index in [1.807, 2.05) is 47.4 Å². The minimum atomic E-state index is 0.107. The molecule has 19 heavy (non-hydrogen) atoms. The maximum atomic E-state index is 12.8.